The summed E-state index contributed by atoms with van der Waals surface area (Å²) in [6.45, 7) is 0. The van der Waals surface area contributed by atoms with Gasteiger partial charge < -0.3 is 5.73 Å². The highest BCUT2D eigenvalue weighted by molar-refractivity contribution is 7.89. The van der Waals surface area contributed by atoms with Gasteiger partial charge in [-0.25, -0.2) is 8.42 Å². The Morgan fingerprint density at radius 1 is 1.40 bits per heavy atom. The average molecular weight is 265 g/mol. The normalized spacial score (nSPS) is 12.5. The van der Waals surface area contributed by atoms with E-state index in [4.69, 9.17) is 5.73 Å². The Bertz CT molecular complexity index is 314. The number of sulfonamides is 1. The first-order chi connectivity index (χ1) is 6.62. The molecule has 0 unspecified atom stereocenters. The summed E-state index contributed by atoms with van der Waals surface area (Å²) in [5.74, 6) is -0.651. The van der Waals surface area contributed by atoms with E-state index < -0.39 is 34.8 Å². The van der Waals surface area contributed by atoms with Gasteiger partial charge in [-0.3, -0.25) is 5.43 Å². The van der Waals surface area contributed by atoms with E-state index in [1.165, 1.54) is 0 Å². The van der Waals surface area contributed by atoms with Crippen LogP contribution in [-0.4, -0.2) is 25.5 Å². The predicted octanol–water partition coefficient (Wildman–Crippen LogP) is -0.00350. The number of hydrogen-bond donors (Lipinski definition) is 3. The van der Waals surface area contributed by atoms with Gasteiger partial charge in [0.15, 0.2) is 5.11 Å². The van der Waals surface area contributed by atoms with Crippen molar-refractivity contribution in [1.29, 1.82) is 0 Å². The first-order valence-corrected chi connectivity index (χ1v) is 5.80. The van der Waals surface area contributed by atoms with Crippen molar-refractivity contribution in [3.05, 3.63) is 0 Å². The minimum absolute atomic E-state index is 0.311. The quantitative estimate of drug-likeness (QED) is 0.481. The molecule has 10 heteroatoms. The van der Waals surface area contributed by atoms with Crippen molar-refractivity contribution < 1.29 is 21.6 Å². The molecule has 4 N–H and O–H groups in total. The van der Waals surface area contributed by atoms with Crippen LogP contribution in [0.1, 0.15) is 12.8 Å². The van der Waals surface area contributed by atoms with E-state index in [9.17, 15) is 21.6 Å². The van der Waals surface area contributed by atoms with Crippen molar-refractivity contribution >= 4 is 27.4 Å². The van der Waals surface area contributed by atoms with Crippen molar-refractivity contribution in [3.8, 4) is 0 Å². The molecule has 90 valence electrons. The fourth-order valence-electron chi connectivity index (χ4n) is 0.642. The molecule has 0 aromatic carbocycles. The maximum Gasteiger partial charge on any atom is 0.389 e. The minimum atomic E-state index is -4.36. The van der Waals surface area contributed by atoms with Gasteiger partial charge in [-0.2, -0.15) is 13.2 Å². The Morgan fingerprint density at radius 2 is 1.93 bits per heavy atom. The molecule has 0 rings (SSSR count). The van der Waals surface area contributed by atoms with Crippen molar-refractivity contribution in [1.82, 2.24) is 10.3 Å². The lowest BCUT2D eigenvalue weighted by molar-refractivity contribution is -0.134. The highest BCUT2D eigenvalue weighted by Crippen LogP contribution is 2.21. The lowest BCUT2D eigenvalue weighted by atomic mass is 10.3. The Hall–Kier alpha value is -0.610. The summed E-state index contributed by atoms with van der Waals surface area (Å²) >= 11 is 4.30. The standard InChI is InChI=1S/C5H10F3N3O2S2/c6-5(7,8)2-1-3-15(12,13)11-10-4(9)14/h11H,1-3H2,(H3,9,10,14). The SMILES string of the molecule is NC(=S)NNS(=O)(=O)CCCC(F)(F)F. The molecule has 0 radical (unpaired) electrons. The van der Waals surface area contributed by atoms with Crippen LogP contribution in [-0.2, 0) is 10.0 Å². The fourth-order valence-corrected chi connectivity index (χ4v) is 1.65. The van der Waals surface area contributed by atoms with Gasteiger partial charge in [-0.15, -0.1) is 4.83 Å². The number of thiocarbonyl (C=S) groups is 1. The van der Waals surface area contributed by atoms with Gasteiger partial charge in [0, 0.05) is 6.42 Å². The zero-order chi connectivity index (χ0) is 12.1. The van der Waals surface area contributed by atoms with E-state index in [-0.39, 0.29) is 5.11 Å². The third-order valence-corrected chi connectivity index (χ3v) is 2.54. The van der Waals surface area contributed by atoms with Gasteiger partial charge in [0.1, 0.15) is 0 Å². The molecule has 0 heterocycles. The highest BCUT2D eigenvalue weighted by Gasteiger charge is 2.27. The maximum absolute atomic E-state index is 11.7. The second-order valence-electron chi connectivity index (χ2n) is 2.63. The zero-order valence-corrected chi connectivity index (χ0v) is 9.10. The van der Waals surface area contributed by atoms with E-state index >= 15 is 0 Å². The number of nitrogens with one attached hydrogen (secondary N) is 2. The molecule has 0 aliphatic rings. The summed E-state index contributed by atoms with van der Waals surface area (Å²) in [6.07, 6.45) is -6.02. The number of hydrazine groups is 1. The highest BCUT2D eigenvalue weighted by atomic mass is 32.2. The number of nitrogens with two attached hydrogens (primary N) is 1. The smallest absolute Gasteiger partial charge is 0.375 e. The summed E-state index contributed by atoms with van der Waals surface area (Å²) in [4.78, 5) is 1.73. The lowest BCUT2D eigenvalue weighted by Crippen LogP contribution is -2.45. The van der Waals surface area contributed by atoms with Gasteiger partial charge in [0.25, 0.3) is 0 Å². The molecule has 0 aromatic rings. The van der Waals surface area contributed by atoms with Crippen LogP contribution in [0.2, 0.25) is 0 Å². The minimum Gasteiger partial charge on any atom is -0.375 e. The Kier molecular flexibility index (Phi) is 5.24. The first-order valence-electron chi connectivity index (χ1n) is 3.74. The monoisotopic (exact) mass is 265 g/mol. The Balaban J connectivity index is 3.90. The molecule has 0 amide bonds. The topological polar surface area (TPSA) is 84.2 Å². The van der Waals surface area contributed by atoms with Gasteiger partial charge in [0.2, 0.25) is 10.0 Å². The molecular weight excluding hydrogens is 255 g/mol. The van der Waals surface area contributed by atoms with Gasteiger partial charge in [-0.05, 0) is 18.6 Å². The summed E-state index contributed by atoms with van der Waals surface area (Å²) < 4.78 is 56.9. The van der Waals surface area contributed by atoms with E-state index in [1.807, 2.05) is 5.43 Å². The van der Waals surface area contributed by atoms with Gasteiger partial charge in [-0.1, -0.05) is 0 Å². The molecule has 0 atom stereocenters. The van der Waals surface area contributed by atoms with Crippen LogP contribution in [0.4, 0.5) is 13.2 Å². The van der Waals surface area contributed by atoms with Crippen LogP contribution in [0.25, 0.3) is 0 Å². The van der Waals surface area contributed by atoms with Crippen LogP contribution < -0.4 is 16.0 Å². The molecule has 0 saturated heterocycles. The van der Waals surface area contributed by atoms with Crippen LogP contribution in [0.15, 0.2) is 0 Å². The van der Waals surface area contributed by atoms with Gasteiger partial charge in [0.05, 0.1) is 5.75 Å². The first kappa shape index (κ1) is 14.4. The van der Waals surface area contributed by atoms with Crippen LogP contribution in [0.5, 0.6) is 0 Å². The van der Waals surface area contributed by atoms with E-state index in [2.05, 4.69) is 12.2 Å². The molecule has 0 bridgehead atoms. The third kappa shape index (κ3) is 9.69. The molecule has 0 aromatic heterocycles. The largest absolute Gasteiger partial charge is 0.389 e. The van der Waals surface area contributed by atoms with Crippen LogP contribution in [0, 0.1) is 0 Å². The summed E-state index contributed by atoms with van der Waals surface area (Å²) in [5.41, 5.74) is 6.83. The van der Waals surface area contributed by atoms with E-state index in [0.29, 0.717) is 0 Å². The molecule has 0 spiro atoms. The molecular formula is C5H10F3N3O2S2. The lowest BCUT2D eigenvalue weighted by Gasteiger charge is -2.08. The van der Waals surface area contributed by atoms with Crippen molar-refractivity contribution in [2.45, 2.75) is 19.0 Å². The summed E-state index contributed by atoms with van der Waals surface area (Å²) in [5, 5.41) is -0.311. The second kappa shape index (κ2) is 5.47. The second-order valence-corrected chi connectivity index (χ2v) is 4.91. The van der Waals surface area contributed by atoms with Crippen molar-refractivity contribution in [2.24, 2.45) is 5.73 Å². The number of alkyl halides is 3. The third-order valence-electron chi connectivity index (χ3n) is 1.20. The summed E-state index contributed by atoms with van der Waals surface area (Å²) in [7, 11) is -3.83. The Labute approximate surface area is 90.2 Å². The number of halogens is 3. The molecule has 0 fully saturated rings. The average Bonchev–Trinajstić information content (AvgIpc) is 1.98. The molecule has 0 aliphatic heterocycles. The predicted molar refractivity (Wildman–Crippen MR) is 52.1 cm³/mol. The molecule has 0 aliphatic carbocycles. The summed E-state index contributed by atoms with van der Waals surface area (Å²) in [6, 6.07) is 0. The zero-order valence-electron chi connectivity index (χ0n) is 7.47. The molecule has 5 nitrogen and oxygen atoms in total. The van der Waals surface area contributed by atoms with Crippen LogP contribution >= 0.6 is 12.2 Å². The fraction of sp³-hybridized carbons (Fsp3) is 0.800. The van der Waals surface area contributed by atoms with Gasteiger partial charge >= 0.3 is 6.18 Å². The number of hydrogen-bond acceptors (Lipinski definition) is 3. The number of rotatable bonds is 5. The van der Waals surface area contributed by atoms with Crippen molar-refractivity contribution in [2.75, 3.05) is 5.75 Å². The van der Waals surface area contributed by atoms with E-state index in [1.54, 1.807) is 4.83 Å². The Morgan fingerprint density at radius 3 is 2.33 bits per heavy atom. The maximum atomic E-state index is 11.7. The molecule has 0 saturated carbocycles. The van der Waals surface area contributed by atoms with Crippen molar-refractivity contribution in [3.63, 3.8) is 0 Å². The molecule has 15 heavy (non-hydrogen) atoms. The van der Waals surface area contributed by atoms with E-state index in [0.717, 1.165) is 0 Å². The van der Waals surface area contributed by atoms with Crippen LogP contribution in [0.3, 0.4) is 0 Å².